The molecular formula is C21H27NO2. The van der Waals surface area contributed by atoms with Crippen LogP contribution in [0.2, 0.25) is 0 Å². The average molecular weight is 325 g/mol. The van der Waals surface area contributed by atoms with E-state index in [2.05, 4.69) is 44.3 Å². The van der Waals surface area contributed by atoms with Crippen molar-refractivity contribution in [1.82, 2.24) is 5.32 Å². The van der Waals surface area contributed by atoms with E-state index in [1.807, 2.05) is 38.1 Å². The van der Waals surface area contributed by atoms with E-state index in [9.17, 15) is 4.79 Å². The second-order valence-corrected chi connectivity index (χ2v) is 6.49. The van der Waals surface area contributed by atoms with Gasteiger partial charge < -0.3 is 10.1 Å². The highest BCUT2D eigenvalue weighted by atomic mass is 16.5. The number of amides is 1. The Bertz CT molecular complexity index is 689. The van der Waals surface area contributed by atoms with Crippen LogP contribution in [0.4, 0.5) is 0 Å². The Morgan fingerprint density at radius 3 is 2.29 bits per heavy atom. The fourth-order valence-electron chi connectivity index (χ4n) is 2.81. The molecule has 0 spiro atoms. The Morgan fingerprint density at radius 2 is 1.75 bits per heavy atom. The van der Waals surface area contributed by atoms with Crippen LogP contribution < -0.4 is 10.1 Å². The number of carbonyl (C=O) groups excluding carboxylic acids is 1. The maximum Gasteiger partial charge on any atom is 0.251 e. The number of hydrogen-bond acceptors (Lipinski definition) is 2. The molecule has 0 bridgehead atoms. The van der Waals surface area contributed by atoms with E-state index >= 15 is 0 Å². The monoisotopic (exact) mass is 325 g/mol. The van der Waals surface area contributed by atoms with Crippen LogP contribution in [0.3, 0.4) is 0 Å². The van der Waals surface area contributed by atoms with Crippen molar-refractivity contribution in [2.24, 2.45) is 0 Å². The molecule has 0 heterocycles. The van der Waals surface area contributed by atoms with E-state index in [-0.39, 0.29) is 18.1 Å². The first-order valence-corrected chi connectivity index (χ1v) is 8.55. The zero-order valence-electron chi connectivity index (χ0n) is 15.2. The van der Waals surface area contributed by atoms with Crippen molar-refractivity contribution in [2.45, 2.75) is 53.2 Å². The zero-order valence-corrected chi connectivity index (χ0v) is 15.2. The van der Waals surface area contributed by atoms with E-state index in [4.69, 9.17) is 4.74 Å². The van der Waals surface area contributed by atoms with Gasteiger partial charge in [-0.05, 0) is 69.5 Å². The van der Waals surface area contributed by atoms with Crippen molar-refractivity contribution in [3.05, 3.63) is 64.7 Å². The van der Waals surface area contributed by atoms with Gasteiger partial charge in [0.1, 0.15) is 5.75 Å². The molecule has 0 fully saturated rings. The normalized spacial score (nSPS) is 12.1. The molecule has 0 saturated carbocycles. The standard InChI is InChI=1S/C21H27NO2/c1-6-20(19-12-7-15(4)13-16(19)5)22-21(23)17-8-10-18(11-9-17)24-14(2)3/h7-14,20H,6H2,1-5H3,(H,22,23)/t20-/m1/s1. The van der Waals surface area contributed by atoms with Crippen LogP contribution in [0.15, 0.2) is 42.5 Å². The predicted molar refractivity (Wildman–Crippen MR) is 98.6 cm³/mol. The summed E-state index contributed by atoms with van der Waals surface area (Å²) in [6, 6.07) is 13.7. The Morgan fingerprint density at radius 1 is 1.08 bits per heavy atom. The summed E-state index contributed by atoms with van der Waals surface area (Å²) in [7, 11) is 0. The minimum atomic E-state index is -0.0575. The minimum absolute atomic E-state index is 0.0182. The number of nitrogens with one attached hydrogen (secondary N) is 1. The highest BCUT2D eigenvalue weighted by molar-refractivity contribution is 5.94. The van der Waals surface area contributed by atoms with Crippen LogP contribution in [0.25, 0.3) is 0 Å². The maximum atomic E-state index is 12.5. The summed E-state index contributed by atoms with van der Waals surface area (Å²) < 4.78 is 5.62. The summed E-state index contributed by atoms with van der Waals surface area (Å²) in [5.74, 6) is 0.723. The van der Waals surface area contributed by atoms with E-state index in [0.717, 1.165) is 12.2 Å². The SMILES string of the molecule is CC[C@@H](NC(=O)c1ccc(OC(C)C)cc1)c1ccc(C)cc1C. The van der Waals surface area contributed by atoms with Crippen molar-refractivity contribution in [2.75, 3.05) is 0 Å². The van der Waals surface area contributed by atoms with Gasteiger partial charge in [-0.1, -0.05) is 30.7 Å². The Balaban J connectivity index is 2.11. The summed E-state index contributed by atoms with van der Waals surface area (Å²) in [5.41, 5.74) is 4.27. The fourth-order valence-corrected chi connectivity index (χ4v) is 2.81. The van der Waals surface area contributed by atoms with Crippen molar-refractivity contribution >= 4 is 5.91 Å². The molecular weight excluding hydrogens is 298 g/mol. The van der Waals surface area contributed by atoms with Gasteiger partial charge in [0, 0.05) is 5.56 Å². The molecule has 0 aliphatic rings. The van der Waals surface area contributed by atoms with Gasteiger partial charge in [-0.3, -0.25) is 4.79 Å². The van der Waals surface area contributed by atoms with Crippen molar-refractivity contribution < 1.29 is 9.53 Å². The number of hydrogen-bond donors (Lipinski definition) is 1. The van der Waals surface area contributed by atoms with Gasteiger partial charge in [-0.25, -0.2) is 0 Å². The molecule has 1 N–H and O–H groups in total. The lowest BCUT2D eigenvalue weighted by Gasteiger charge is -2.20. The fraction of sp³-hybridized carbons (Fsp3) is 0.381. The third kappa shape index (κ3) is 4.60. The third-order valence-electron chi connectivity index (χ3n) is 4.00. The Hall–Kier alpha value is -2.29. The first-order chi connectivity index (χ1) is 11.4. The van der Waals surface area contributed by atoms with Gasteiger partial charge in [0.15, 0.2) is 0 Å². The average Bonchev–Trinajstić information content (AvgIpc) is 2.53. The van der Waals surface area contributed by atoms with Crippen LogP contribution >= 0.6 is 0 Å². The van der Waals surface area contributed by atoms with Gasteiger partial charge in [-0.15, -0.1) is 0 Å². The lowest BCUT2D eigenvalue weighted by atomic mass is 9.97. The first kappa shape index (κ1) is 18.1. The molecule has 0 unspecified atom stereocenters. The molecule has 0 saturated heterocycles. The van der Waals surface area contributed by atoms with E-state index in [1.54, 1.807) is 0 Å². The van der Waals surface area contributed by atoms with Gasteiger partial charge in [-0.2, -0.15) is 0 Å². The number of rotatable bonds is 6. The topological polar surface area (TPSA) is 38.3 Å². The second kappa shape index (κ2) is 8.00. The van der Waals surface area contributed by atoms with Crippen molar-refractivity contribution in [3.8, 4) is 5.75 Å². The molecule has 24 heavy (non-hydrogen) atoms. The molecule has 0 radical (unpaired) electrons. The smallest absolute Gasteiger partial charge is 0.251 e. The van der Waals surface area contributed by atoms with E-state index < -0.39 is 0 Å². The number of carbonyl (C=O) groups is 1. The summed E-state index contributed by atoms with van der Waals surface area (Å²) in [4.78, 5) is 12.5. The van der Waals surface area contributed by atoms with Crippen LogP contribution in [0, 0.1) is 13.8 Å². The highest BCUT2D eigenvalue weighted by Crippen LogP contribution is 2.22. The van der Waals surface area contributed by atoms with Crippen molar-refractivity contribution in [3.63, 3.8) is 0 Å². The summed E-state index contributed by atoms with van der Waals surface area (Å²) in [5, 5.41) is 3.14. The van der Waals surface area contributed by atoms with Crippen LogP contribution in [0.1, 0.15) is 60.3 Å². The number of ether oxygens (including phenoxy) is 1. The molecule has 3 heteroatoms. The first-order valence-electron chi connectivity index (χ1n) is 8.55. The molecule has 0 aliphatic heterocycles. The molecule has 128 valence electrons. The summed E-state index contributed by atoms with van der Waals surface area (Å²) in [6.45, 7) is 10.2. The number of benzene rings is 2. The largest absolute Gasteiger partial charge is 0.491 e. The van der Waals surface area contributed by atoms with Gasteiger partial charge >= 0.3 is 0 Å². The quantitative estimate of drug-likeness (QED) is 0.814. The molecule has 2 aromatic rings. The highest BCUT2D eigenvalue weighted by Gasteiger charge is 2.16. The maximum absolute atomic E-state index is 12.5. The minimum Gasteiger partial charge on any atom is -0.491 e. The number of aryl methyl sites for hydroxylation is 2. The van der Waals surface area contributed by atoms with Gasteiger partial charge in [0.05, 0.1) is 12.1 Å². The molecule has 0 aliphatic carbocycles. The van der Waals surface area contributed by atoms with Crippen LogP contribution in [-0.2, 0) is 0 Å². The second-order valence-electron chi connectivity index (χ2n) is 6.49. The molecule has 1 atom stereocenters. The summed E-state index contributed by atoms with van der Waals surface area (Å²) in [6.07, 6.45) is 0.975. The zero-order chi connectivity index (χ0) is 17.7. The van der Waals surface area contributed by atoms with Crippen LogP contribution in [-0.4, -0.2) is 12.0 Å². The third-order valence-corrected chi connectivity index (χ3v) is 4.00. The van der Waals surface area contributed by atoms with Crippen molar-refractivity contribution in [1.29, 1.82) is 0 Å². The Labute approximate surface area is 145 Å². The molecule has 3 nitrogen and oxygen atoms in total. The summed E-state index contributed by atoms with van der Waals surface area (Å²) >= 11 is 0. The van der Waals surface area contributed by atoms with Crippen LogP contribution in [0.5, 0.6) is 5.75 Å². The van der Waals surface area contributed by atoms with E-state index in [0.29, 0.717) is 5.56 Å². The molecule has 2 aromatic carbocycles. The molecule has 1 amide bonds. The molecule has 0 aromatic heterocycles. The Kier molecular flexibility index (Phi) is 6.02. The lowest BCUT2D eigenvalue weighted by molar-refractivity contribution is 0.0935. The predicted octanol–water partition coefficient (Wildman–Crippen LogP) is 4.97. The van der Waals surface area contributed by atoms with Gasteiger partial charge in [0.2, 0.25) is 0 Å². The molecule has 2 rings (SSSR count). The van der Waals surface area contributed by atoms with E-state index in [1.165, 1.54) is 16.7 Å². The van der Waals surface area contributed by atoms with Gasteiger partial charge in [0.25, 0.3) is 5.91 Å². The lowest BCUT2D eigenvalue weighted by Crippen LogP contribution is -2.28.